The van der Waals surface area contributed by atoms with Crippen molar-refractivity contribution in [3.63, 3.8) is 0 Å². The first-order chi connectivity index (χ1) is 8.94. The van der Waals surface area contributed by atoms with Crippen molar-refractivity contribution in [3.8, 4) is 0 Å². The smallest absolute Gasteiger partial charge is 0.371 e. The van der Waals surface area contributed by atoms with Gasteiger partial charge in [-0.1, -0.05) is 0 Å². The molecule has 8 heteroatoms. The topological polar surface area (TPSA) is 53.6 Å². The van der Waals surface area contributed by atoms with Crippen molar-refractivity contribution < 1.29 is 22.7 Å². The Kier molecular flexibility index (Phi) is 6.53. The third-order valence-electron chi connectivity index (χ3n) is 2.80. The van der Waals surface area contributed by atoms with Crippen LogP contribution in [0.2, 0.25) is 0 Å². The molecule has 1 atom stereocenters. The normalized spacial score (nSPS) is 21.4. The molecule has 1 saturated heterocycles. The molecule has 0 aliphatic carbocycles. The Hall–Kier alpha value is -0.860. The highest BCUT2D eigenvalue weighted by Crippen LogP contribution is 2.14. The number of alkyl halides is 3. The first-order valence-electron chi connectivity index (χ1n) is 6.31. The molecule has 0 radical (unpaired) electrons. The predicted molar refractivity (Wildman–Crippen MR) is 63.8 cm³/mol. The molecule has 1 rings (SSSR count). The van der Waals surface area contributed by atoms with Gasteiger partial charge < -0.3 is 15.4 Å². The summed E-state index contributed by atoms with van der Waals surface area (Å²) < 4.78 is 40.3. The molecule has 1 unspecified atom stereocenters. The predicted octanol–water partition coefficient (Wildman–Crippen LogP) is -0.0248. The van der Waals surface area contributed by atoms with E-state index in [1.807, 2.05) is 11.8 Å². The zero-order valence-electron chi connectivity index (χ0n) is 10.9. The number of nitrogens with one attached hydrogen (secondary N) is 2. The summed E-state index contributed by atoms with van der Waals surface area (Å²) in [7, 11) is 0. The molecule has 1 aliphatic rings. The van der Waals surface area contributed by atoms with Crippen molar-refractivity contribution in [2.24, 2.45) is 0 Å². The Morgan fingerprint density at radius 2 is 2.26 bits per heavy atom. The zero-order valence-corrected chi connectivity index (χ0v) is 10.9. The maximum absolute atomic E-state index is 11.9. The number of hydrogen-bond acceptors (Lipinski definition) is 4. The minimum atomic E-state index is -4.30. The lowest BCUT2D eigenvalue weighted by Gasteiger charge is -2.34. The van der Waals surface area contributed by atoms with E-state index in [2.05, 4.69) is 15.4 Å². The summed E-state index contributed by atoms with van der Waals surface area (Å²) in [5, 5.41) is 5.81. The first-order valence-corrected chi connectivity index (χ1v) is 6.31. The van der Waals surface area contributed by atoms with Crippen LogP contribution < -0.4 is 10.6 Å². The van der Waals surface area contributed by atoms with Crippen LogP contribution >= 0.6 is 0 Å². The Balaban J connectivity index is 2.34. The summed E-state index contributed by atoms with van der Waals surface area (Å²) in [4.78, 5) is 13.6. The molecule has 1 amide bonds. The van der Waals surface area contributed by atoms with Crippen molar-refractivity contribution in [1.82, 2.24) is 15.5 Å². The molecule has 2 N–H and O–H groups in total. The Labute approximate surface area is 110 Å². The molecule has 0 aromatic heterocycles. The molecule has 1 heterocycles. The number of likely N-dealkylation sites (N-methyl/N-ethyl adjacent to an activating group) is 1. The molecule has 0 saturated carbocycles. The number of piperazine rings is 1. The standard InChI is InChI=1S/C11H20F3N3O2/c1-2-16-10(18)9-7-15-3-4-17(9)5-6-19-8-11(12,13)14/h9,15H,2-8H2,1H3,(H,16,18). The number of nitrogens with zero attached hydrogens (tertiary/aromatic N) is 1. The van der Waals surface area contributed by atoms with Crippen LogP contribution in [-0.2, 0) is 9.53 Å². The number of amides is 1. The van der Waals surface area contributed by atoms with Gasteiger partial charge in [0, 0.05) is 32.7 Å². The van der Waals surface area contributed by atoms with E-state index in [1.54, 1.807) is 0 Å². The highest BCUT2D eigenvalue weighted by Gasteiger charge is 2.29. The van der Waals surface area contributed by atoms with Crippen molar-refractivity contribution in [2.45, 2.75) is 19.1 Å². The number of hydrogen-bond donors (Lipinski definition) is 2. The summed E-state index contributed by atoms with van der Waals surface area (Å²) in [6.45, 7) is 3.25. The van der Waals surface area contributed by atoms with Crippen LogP contribution in [0.25, 0.3) is 0 Å². The van der Waals surface area contributed by atoms with E-state index in [1.165, 1.54) is 0 Å². The van der Waals surface area contributed by atoms with E-state index in [0.717, 1.165) is 6.54 Å². The fraction of sp³-hybridized carbons (Fsp3) is 0.909. The van der Waals surface area contributed by atoms with Gasteiger partial charge in [-0.25, -0.2) is 0 Å². The van der Waals surface area contributed by atoms with Crippen LogP contribution in [0.1, 0.15) is 6.92 Å². The Bertz CT molecular complexity index is 287. The summed E-state index contributed by atoms with van der Waals surface area (Å²) in [6, 6.07) is -0.344. The molecule has 0 aromatic rings. The molecule has 0 spiro atoms. The summed E-state index contributed by atoms with van der Waals surface area (Å²) in [5.41, 5.74) is 0. The molecule has 1 fully saturated rings. The largest absolute Gasteiger partial charge is 0.411 e. The van der Waals surface area contributed by atoms with E-state index < -0.39 is 12.8 Å². The summed E-state index contributed by atoms with van der Waals surface area (Å²) in [5.74, 6) is -0.106. The van der Waals surface area contributed by atoms with Gasteiger partial charge >= 0.3 is 6.18 Å². The van der Waals surface area contributed by atoms with Gasteiger partial charge in [-0.05, 0) is 6.92 Å². The van der Waals surface area contributed by atoms with Crippen molar-refractivity contribution in [1.29, 1.82) is 0 Å². The lowest BCUT2D eigenvalue weighted by molar-refractivity contribution is -0.175. The van der Waals surface area contributed by atoms with E-state index in [9.17, 15) is 18.0 Å². The summed E-state index contributed by atoms with van der Waals surface area (Å²) >= 11 is 0. The maximum Gasteiger partial charge on any atom is 0.411 e. The number of carbonyl (C=O) groups is 1. The first kappa shape index (κ1) is 16.2. The van der Waals surface area contributed by atoms with Gasteiger partial charge in [0.25, 0.3) is 0 Å². The summed E-state index contributed by atoms with van der Waals surface area (Å²) in [6.07, 6.45) is -4.30. The second kappa shape index (κ2) is 7.66. The molecular weight excluding hydrogens is 263 g/mol. The Morgan fingerprint density at radius 1 is 1.53 bits per heavy atom. The van der Waals surface area contributed by atoms with Crippen molar-refractivity contribution in [3.05, 3.63) is 0 Å². The van der Waals surface area contributed by atoms with Crippen molar-refractivity contribution >= 4 is 5.91 Å². The highest BCUT2D eigenvalue weighted by atomic mass is 19.4. The van der Waals surface area contributed by atoms with Crippen LogP contribution in [0.3, 0.4) is 0 Å². The molecule has 1 aliphatic heterocycles. The van der Waals surface area contributed by atoms with E-state index in [-0.39, 0.29) is 18.6 Å². The quantitative estimate of drug-likeness (QED) is 0.673. The third kappa shape index (κ3) is 6.22. The van der Waals surface area contributed by atoms with Gasteiger partial charge in [0.15, 0.2) is 0 Å². The van der Waals surface area contributed by atoms with Gasteiger partial charge in [0.1, 0.15) is 12.6 Å². The molecular formula is C11H20F3N3O2. The van der Waals surface area contributed by atoms with Crippen molar-refractivity contribution in [2.75, 3.05) is 45.9 Å². The fourth-order valence-electron chi connectivity index (χ4n) is 1.93. The van der Waals surface area contributed by atoms with E-state index in [0.29, 0.717) is 26.2 Å². The van der Waals surface area contributed by atoms with E-state index in [4.69, 9.17) is 0 Å². The number of ether oxygens (including phenoxy) is 1. The van der Waals surface area contributed by atoms with Crippen LogP contribution in [0, 0.1) is 0 Å². The monoisotopic (exact) mass is 283 g/mol. The molecule has 112 valence electrons. The van der Waals surface area contributed by atoms with Crippen LogP contribution in [0.4, 0.5) is 13.2 Å². The van der Waals surface area contributed by atoms with Crippen LogP contribution in [0.5, 0.6) is 0 Å². The second-order valence-corrected chi connectivity index (χ2v) is 4.32. The highest BCUT2D eigenvalue weighted by molar-refractivity contribution is 5.82. The number of rotatable bonds is 6. The minimum absolute atomic E-state index is 0.0323. The molecule has 0 bridgehead atoms. The van der Waals surface area contributed by atoms with Crippen LogP contribution in [-0.4, -0.2) is 69.0 Å². The van der Waals surface area contributed by atoms with Gasteiger partial charge in [0.2, 0.25) is 5.91 Å². The number of halogens is 3. The average molecular weight is 283 g/mol. The second-order valence-electron chi connectivity index (χ2n) is 4.32. The maximum atomic E-state index is 11.9. The molecule has 0 aromatic carbocycles. The number of carbonyl (C=O) groups excluding carboxylic acids is 1. The molecule has 5 nitrogen and oxygen atoms in total. The third-order valence-corrected chi connectivity index (χ3v) is 2.80. The SMILES string of the molecule is CCNC(=O)C1CNCCN1CCOCC(F)(F)F. The fourth-order valence-corrected chi connectivity index (χ4v) is 1.93. The van der Waals surface area contributed by atoms with Crippen LogP contribution in [0.15, 0.2) is 0 Å². The van der Waals surface area contributed by atoms with Gasteiger partial charge in [-0.15, -0.1) is 0 Å². The lowest BCUT2D eigenvalue weighted by Crippen LogP contribution is -2.58. The van der Waals surface area contributed by atoms with Gasteiger partial charge in [-0.2, -0.15) is 13.2 Å². The minimum Gasteiger partial charge on any atom is -0.371 e. The van der Waals surface area contributed by atoms with Gasteiger partial charge in [0.05, 0.1) is 6.61 Å². The van der Waals surface area contributed by atoms with Gasteiger partial charge in [-0.3, -0.25) is 9.69 Å². The average Bonchev–Trinajstić information content (AvgIpc) is 2.34. The lowest BCUT2D eigenvalue weighted by atomic mass is 10.2. The zero-order chi connectivity index (χ0) is 14.3. The molecule has 19 heavy (non-hydrogen) atoms. The van der Waals surface area contributed by atoms with E-state index >= 15 is 0 Å². The Morgan fingerprint density at radius 3 is 2.89 bits per heavy atom.